The molecule has 0 fully saturated rings. The number of rotatable bonds is 3. The van der Waals surface area contributed by atoms with E-state index in [9.17, 15) is 0 Å². The van der Waals surface area contributed by atoms with E-state index in [2.05, 4.69) is 15.3 Å². The zero-order valence-electron chi connectivity index (χ0n) is 12.0. The highest BCUT2D eigenvalue weighted by atomic mass is 16.5. The number of anilines is 2. The lowest BCUT2D eigenvalue weighted by molar-refractivity contribution is 0.408. The first kappa shape index (κ1) is 13.8. The van der Waals surface area contributed by atoms with Crippen molar-refractivity contribution in [2.45, 2.75) is 20.8 Å². The minimum Gasteiger partial charge on any atom is -0.496 e. The maximum absolute atomic E-state index is 8.92. The highest BCUT2D eigenvalue weighted by Gasteiger charge is 2.07. The molecule has 5 nitrogen and oxygen atoms in total. The Bertz CT molecular complexity index is 666. The number of aryl methyl sites for hydroxylation is 3. The van der Waals surface area contributed by atoms with E-state index in [1.807, 2.05) is 32.0 Å². The molecule has 102 valence electrons. The van der Waals surface area contributed by atoms with Gasteiger partial charge in [-0.05, 0) is 44.0 Å². The summed E-state index contributed by atoms with van der Waals surface area (Å²) < 4.78 is 5.34. The molecule has 0 aliphatic heterocycles. The van der Waals surface area contributed by atoms with Crippen LogP contribution >= 0.6 is 0 Å². The standard InChI is InChI=1S/C15H16N4O/c1-9-5-12(6-10(2)15(9)20-4)19-14-7-13(8-16)17-11(3)18-14/h5-7H,1-4H3,(H,17,18,19). The van der Waals surface area contributed by atoms with Crippen molar-refractivity contribution in [2.75, 3.05) is 12.4 Å². The van der Waals surface area contributed by atoms with Gasteiger partial charge in [-0.1, -0.05) is 0 Å². The predicted molar refractivity (Wildman–Crippen MR) is 77.2 cm³/mol. The van der Waals surface area contributed by atoms with Gasteiger partial charge in [0.15, 0.2) is 0 Å². The number of nitrogens with one attached hydrogen (secondary N) is 1. The van der Waals surface area contributed by atoms with Crippen LogP contribution in [-0.4, -0.2) is 17.1 Å². The first-order chi connectivity index (χ1) is 9.53. The number of nitrogens with zero attached hydrogens (tertiary/aromatic N) is 3. The van der Waals surface area contributed by atoms with Gasteiger partial charge in [-0.15, -0.1) is 0 Å². The molecule has 0 atom stereocenters. The van der Waals surface area contributed by atoms with Crippen molar-refractivity contribution in [3.8, 4) is 11.8 Å². The van der Waals surface area contributed by atoms with Gasteiger partial charge in [0.05, 0.1) is 7.11 Å². The Kier molecular flexibility index (Phi) is 3.85. The van der Waals surface area contributed by atoms with Crippen LogP contribution in [0.4, 0.5) is 11.5 Å². The monoisotopic (exact) mass is 268 g/mol. The summed E-state index contributed by atoms with van der Waals surface area (Å²) in [5.41, 5.74) is 3.34. The molecule has 0 unspecified atom stereocenters. The van der Waals surface area contributed by atoms with E-state index >= 15 is 0 Å². The Balaban J connectivity index is 2.36. The van der Waals surface area contributed by atoms with Gasteiger partial charge in [-0.25, -0.2) is 9.97 Å². The summed E-state index contributed by atoms with van der Waals surface area (Å²) in [4.78, 5) is 8.30. The second-order valence-corrected chi connectivity index (χ2v) is 4.57. The molecule has 1 aromatic carbocycles. The van der Waals surface area contributed by atoms with Crippen molar-refractivity contribution >= 4 is 11.5 Å². The van der Waals surface area contributed by atoms with Gasteiger partial charge in [0.25, 0.3) is 0 Å². The van der Waals surface area contributed by atoms with E-state index < -0.39 is 0 Å². The van der Waals surface area contributed by atoms with E-state index in [0.717, 1.165) is 22.6 Å². The van der Waals surface area contributed by atoms with E-state index in [1.54, 1.807) is 20.1 Å². The molecule has 0 aliphatic carbocycles. The van der Waals surface area contributed by atoms with Gasteiger partial charge in [0.1, 0.15) is 29.2 Å². The third-order valence-corrected chi connectivity index (χ3v) is 2.89. The van der Waals surface area contributed by atoms with Crippen LogP contribution in [0.25, 0.3) is 0 Å². The second-order valence-electron chi connectivity index (χ2n) is 4.57. The van der Waals surface area contributed by atoms with Crippen LogP contribution in [0.1, 0.15) is 22.6 Å². The Morgan fingerprint density at radius 3 is 2.30 bits per heavy atom. The first-order valence-corrected chi connectivity index (χ1v) is 6.21. The number of ether oxygens (including phenoxy) is 1. The topological polar surface area (TPSA) is 70.8 Å². The van der Waals surface area contributed by atoms with Gasteiger partial charge in [-0.2, -0.15) is 5.26 Å². The molecule has 20 heavy (non-hydrogen) atoms. The van der Waals surface area contributed by atoms with Gasteiger partial charge < -0.3 is 10.1 Å². The quantitative estimate of drug-likeness (QED) is 0.926. The Morgan fingerprint density at radius 2 is 1.75 bits per heavy atom. The number of methoxy groups -OCH3 is 1. The van der Waals surface area contributed by atoms with E-state index in [4.69, 9.17) is 10.00 Å². The van der Waals surface area contributed by atoms with Crippen molar-refractivity contribution in [3.63, 3.8) is 0 Å². The highest BCUT2D eigenvalue weighted by Crippen LogP contribution is 2.28. The van der Waals surface area contributed by atoms with Crippen LogP contribution < -0.4 is 10.1 Å². The fourth-order valence-electron chi connectivity index (χ4n) is 2.18. The van der Waals surface area contributed by atoms with Crippen molar-refractivity contribution in [2.24, 2.45) is 0 Å². The normalized spacial score (nSPS) is 9.95. The van der Waals surface area contributed by atoms with Gasteiger partial charge in [0, 0.05) is 11.8 Å². The fourth-order valence-corrected chi connectivity index (χ4v) is 2.18. The second kappa shape index (κ2) is 5.57. The SMILES string of the molecule is COc1c(C)cc(Nc2cc(C#N)nc(C)n2)cc1C. The summed E-state index contributed by atoms with van der Waals surface area (Å²) in [6.07, 6.45) is 0. The summed E-state index contributed by atoms with van der Waals surface area (Å²) in [5, 5.41) is 12.1. The maximum atomic E-state index is 8.92. The lowest BCUT2D eigenvalue weighted by atomic mass is 10.1. The van der Waals surface area contributed by atoms with E-state index in [1.165, 1.54) is 0 Å². The fraction of sp³-hybridized carbons (Fsp3) is 0.267. The van der Waals surface area contributed by atoms with Gasteiger partial charge in [0.2, 0.25) is 0 Å². The average molecular weight is 268 g/mol. The number of benzene rings is 1. The molecular weight excluding hydrogens is 252 g/mol. The lowest BCUT2D eigenvalue weighted by Crippen LogP contribution is -2.00. The number of nitriles is 1. The summed E-state index contributed by atoms with van der Waals surface area (Å²) in [5.74, 6) is 2.05. The van der Waals surface area contributed by atoms with Crippen LogP contribution in [0, 0.1) is 32.1 Å². The highest BCUT2D eigenvalue weighted by molar-refractivity contribution is 5.62. The molecule has 2 rings (SSSR count). The van der Waals surface area contributed by atoms with Crippen LogP contribution in [0.3, 0.4) is 0 Å². The third kappa shape index (κ3) is 2.86. The molecule has 0 amide bonds. The van der Waals surface area contributed by atoms with Crippen LogP contribution in [-0.2, 0) is 0 Å². The average Bonchev–Trinajstić information content (AvgIpc) is 2.37. The molecule has 0 saturated carbocycles. The molecule has 0 aliphatic rings. The summed E-state index contributed by atoms with van der Waals surface area (Å²) >= 11 is 0. The summed E-state index contributed by atoms with van der Waals surface area (Å²) in [7, 11) is 1.66. The van der Waals surface area contributed by atoms with E-state index in [-0.39, 0.29) is 0 Å². The molecule has 0 radical (unpaired) electrons. The molecule has 5 heteroatoms. The van der Waals surface area contributed by atoms with Crippen molar-refractivity contribution in [3.05, 3.63) is 40.8 Å². The van der Waals surface area contributed by atoms with Crippen molar-refractivity contribution in [1.29, 1.82) is 5.26 Å². The van der Waals surface area contributed by atoms with Crippen LogP contribution in [0.5, 0.6) is 5.75 Å². The Morgan fingerprint density at radius 1 is 1.10 bits per heavy atom. The molecule has 2 aromatic rings. The predicted octanol–water partition coefficient (Wildman–Crippen LogP) is 3.03. The zero-order chi connectivity index (χ0) is 14.7. The number of aromatic nitrogens is 2. The molecular formula is C15H16N4O. The largest absolute Gasteiger partial charge is 0.496 e. The number of hydrogen-bond donors (Lipinski definition) is 1. The minimum atomic E-state index is 0.349. The molecule has 0 spiro atoms. The van der Waals surface area contributed by atoms with Crippen molar-refractivity contribution < 1.29 is 4.74 Å². The minimum absolute atomic E-state index is 0.349. The Labute approximate surface area is 118 Å². The van der Waals surface area contributed by atoms with E-state index in [0.29, 0.717) is 17.3 Å². The first-order valence-electron chi connectivity index (χ1n) is 6.21. The van der Waals surface area contributed by atoms with Crippen LogP contribution in [0.2, 0.25) is 0 Å². The summed E-state index contributed by atoms with van der Waals surface area (Å²) in [6, 6.07) is 7.61. The Hall–Kier alpha value is -2.61. The lowest BCUT2D eigenvalue weighted by Gasteiger charge is -2.12. The molecule has 0 bridgehead atoms. The maximum Gasteiger partial charge on any atom is 0.146 e. The number of hydrogen-bond acceptors (Lipinski definition) is 5. The van der Waals surface area contributed by atoms with Crippen LogP contribution in [0.15, 0.2) is 18.2 Å². The van der Waals surface area contributed by atoms with Gasteiger partial charge in [-0.3, -0.25) is 0 Å². The van der Waals surface area contributed by atoms with Gasteiger partial charge >= 0.3 is 0 Å². The molecule has 1 heterocycles. The smallest absolute Gasteiger partial charge is 0.146 e. The molecule has 1 N–H and O–H groups in total. The third-order valence-electron chi connectivity index (χ3n) is 2.89. The van der Waals surface area contributed by atoms with Crippen molar-refractivity contribution in [1.82, 2.24) is 9.97 Å². The molecule has 1 aromatic heterocycles. The zero-order valence-corrected chi connectivity index (χ0v) is 12.0. The molecule has 0 saturated heterocycles. The summed E-state index contributed by atoms with van der Waals surface area (Å²) in [6.45, 7) is 5.74.